The third-order valence-corrected chi connectivity index (χ3v) is 5.60. The van der Waals surface area contributed by atoms with Crippen LogP contribution >= 0.6 is 11.3 Å². The summed E-state index contributed by atoms with van der Waals surface area (Å²) in [6.07, 6.45) is 6.14. The fourth-order valence-corrected chi connectivity index (χ4v) is 3.93. The number of aromatic nitrogens is 2. The second-order valence-electron chi connectivity index (χ2n) is 6.42. The summed E-state index contributed by atoms with van der Waals surface area (Å²) < 4.78 is 2.08. The van der Waals surface area contributed by atoms with Crippen LogP contribution in [0.1, 0.15) is 32.6 Å². The molecular formula is C16H19N3O2S. The highest BCUT2D eigenvalue weighted by atomic mass is 32.1. The van der Waals surface area contributed by atoms with Crippen molar-refractivity contribution >= 4 is 27.5 Å². The van der Waals surface area contributed by atoms with Gasteiger partial charge in [-0.3, -0.25) is 14.2 Å². The molecule has 0 radical (unpaired) electrons. The average Bonchev–Trinajstić information content (AvgIpc) is 3.41. The van der Waals surface area contributed by atoms with E-state index in [0.717, 1.165) is 12.8 Å². The molecule has 4 rings (SSSR count). The van der Waals surface area contributed by atoms with Gasteiger partial charge < -0.3 is 4.90 Å². The van der Waals surface area contributed by atoms with Crippen LogP contribution in [0.25, 0.3) is 10.2 Å². The maximum atomic E-state index is 12.7. The molecule has 2 aromatic rings. The topological polar surface area (TPSA) is 55.2 Å². The van der Waals surface area contributed by atoms with Gasteiger partial charge in [-0.25, -0.2) is 4.98 Å². The summed E-state index contributed by atoms with van der Waals surface area (Å²) in [6.45, 7) is 2.25. The number of nitrogens with zero attached hydrogens (tertiary/aromatic N) is 3. The van der Waals surface area contributed by atoms with Gasteiger partial charge in [-0.1, -0.05) is 0 Å². The van der Waals surface area contributed by atoms with Gasteiger partial charge in [-0.15, -0.1) is 11.3 Å². The molecule has 2 fully saturated rings. The van der Waals surface area contributed by atoms with Crippen LogP contribution in [0.2, 0.25) is 0 Å². The number of fused-ring (bicyclic) bond motifs is 1. The summed E-state index contributed by atoms with van der Waals surface area (Å²) in [5.74, 6) is 0.709. The highest BCUT2D eigenvalue weighted by molar-refractivity contribution is 7.17. The van der Waals surface area contributed by atoms with E-state index in [0.29, 0.717) is 28.2 Å². The Kier molecular flexibility index (Phi) is 3.29. The highest BCUT2D eigenvalue weighted by Crippen LogP contribution is 2.39. The summed E-state index contributed by atoms with van der Waals surface area (Å²) in [5, 5.41) is 1.86. The molecule has 22 heavy (non-hydrogen) atoms. The molecule has 5 nitrogen and oxygen atoms in total. The van der Waals surface area contributed by atoms with Crippen LogP contribution in [0.15, 0.2) is 22.6 Å². The maximum absolute atomic E-state index is 12.7. The minimum atomic E-state index is -0.108. The molecule has 0 bridgehead atoms. The highest BCUT2D eigenvalue weighted by Gasteiger charge is 2.41. The molecule has 0 unspecified atom stereocenters. The van der Waals surface area contributed by atoms with E-state index in [2.05, 4.69) is 11.9 Å². The first-order valence-electron chi connectivity index (χ1n) is 7.89. The van der Waals surface area contributed by atoms with Gasteiger partial charge in [0.05, 0.1) is 11.8 Å². The Morgan fingerprint density at radius 2 is 2.23 bits per heavy atom. The van der Waals surface area contributed by atoms with Crippen LogP contribution in [0, 0.1) is 5.92 Å². The van der Waals surface area contributed by atoms with Crippen molar-refractivity contribution in [3.05, 3.63) is 28.1 Å². The predicted molar refractivity (Wildman–Crippen MR) is 85.9 cm³/mol. The first-order chi connectivity index (χ1) is 10.6. The van der Waals surface area contributed by atoms with Crippen molar-refractivity contribution in [2.75, 3.05) is 0 Å². The molecule has 2 aliphatic rings. The standard InChI is InChI=1S/C16H19N3O2S/c1-10(11-2-3-11)19(12-4-5-12)14(20)8-18-9-17-13-6-7-22-15(13)16(18)21/h6-7,9-12H,2-5,8H2,1H3/t10-/m1/s1. The van der Waals surface area contributed by atoms with Crippen molar-refractivity contribution in [2.45, 2.75) is 51.2 Å². The lowest BCUT2D eigenvalue weighted by atomic mass is 10.1. The zero-order valence-corrected chi connectivity index (χ0v) is 13.4. The monoisotopic (exact) mass is 317 g/mol. The molecule has 2 aliphatic carbocycles. The zero-order chi connectivity index (χ0) is 15.3. The maximum Gasteiger partial charge on any atom is 0.271 e. The zero-order valence-electron chi connectivity index (χ0n) is 12.6. The number of carbonyl (C=O) groups is 1. The van der Waals surface area contributed by atoms with Crippen LogP contribution in [0.4, 0.5) is 0 Å². The molecule has 0 spiro atoms. The number of thiophene rings is 1. The third kappa shape index (κ3) is 2.45. The molecule has 0 N–H and O–H groups in total. The quantitative estimate of drug-likeness (QED) is 0.850. The van der Waals surface area contributed by atoms with Crippen molar-refractivity contribution in [1.82, 2.24) is 14.5 Å². The van der Waals surface area contributed by atoms with E-state index in [1.165, 1.54) is 35.1 Å². The molecule has 2 heterocycles. The van der Waals surface area contributed by atoms with Gasteiger partial charge >= 0.3 is 0 Å². The van der Waals surface area contributed by atoms with Crippen molar-refractivity contribution in [3.63, 3.8) is 0 Å². The summed E-state index contributed by atoms with van der Waals surface area (Å²) in [5.41, 5.74) is 0.604. The number of amides is 1. The van der Waals surface area contributed by atoms with Gasteiger partial charge in [0.15, 0.2) is 0 Å². The van der Waals surface area contributed by atoms with Crippen molar-refractivity contribution < 1.29 is 4.79 Å². The van der Waals surface area contributed by atoms with E-state index in [-0.39, 0.29) is 18.0 Å². The fourth-order valence-electron chi connectivity index (χ4n) is 3.14. The lowest BCUT2D eigenvalue weighted by Gasteiger charge is -2.29. The van der Waals surface area contributed by atoms with Crippen LogP contribution < -0.4 is 5.56 Å². The van der Waals surface area contributed by atoms with Gasteiger partial charge in [0, 0.05) is 12.1 Å². The number of rotatable bonds is 5. The van der Waals surface area contributed by atoms with Gasteiger partial charge in [-0.05, 0) is 50.0 Å². The van der Waals surface area contributed by atoms with Crippen molar-refractivity contribution in [3.8, 4) is 0 Å². The van der Waals surface area contributed by atoms with Crippen LogP contribution in [-0.4, -0.2) is 32.4 Å². The van der Waals surface area contributed by atoms with Crippen molar-refractivity contribution in [1.29, 1.82) is 0 Å². The summed E-state index contributed by atoms with van der Waals surface area (Å²) in [7, 11) is 0. The molecule has 2 saturated carbocycles. The third-order valence-electron chi connectivity index (χ3n) is 4.71. The lowest BCUT2D eigenvalue weighted by Crippen LogP contribution is -2.44. The Balaban J connectivity index is 1.58. The van der Waals surface area contributed by atoms with E-state index in [4.69, 9.17) is 0 Å². The van der Waals surface area contributed by atoms with Crippen LogP contribution in [0.3, 0.4) is 0 Å². The Labute approximate surface area is 132 Å². The largest absolute Gasteiger partial charge is 0.335 e. The summed E-state index contributed by atoms with van der Waals surface area (Å²) in [6, 6.07) is 2.52. The second-order valence-corrected chi connectivity index (χ2v) is 7.34. The summed E-state index contributed by atoms with van der Waals surface area (Å²) >= 11 is 1.38. The average molecular weight is 317 g/mol. The Morgan fingerprint density at radius 3 is 2.91 bits per heavy atom. The van der Waals surface area contributed by atoms with E-state index in [1.807, 2.05) is 16.3 Å². The van der Waals surface area contributed by atoms with E-state index in [9.17, 15) is 9.59 Å². The summed E-state index contributed by atoms with van der Waals surface area (Å²) in [4.78, 5) is 31.4. The fraction of sp³-hybridized carbons (Fsp3) is 0.562. The first kappa shape index (κ1) is 13.9. The first-order valence-corrected chi connectivity index (χ1v) is 8.77. The van der Waals surface area contributed by atoms with E-state index in [1.54, 1.807) is 0 Å². The molecular weight excluding hydrogens is 298 g/mol. The molecule has 0 aromatic carbocycles. The van der Waals surface area contributed by atoms with Crippen molar-refractivity contribution in [2.24, 2.45) is 5.92 Å². The lowest BCUT2D eigenvalue weighted by molar-refractivity contribution is -0.135. The van der Waals surface area contributed by atoms with Gasteiger partial charge in [0.25, 0.3) is 5.56 Å². The number of hydrogen-bond donors (Lipinski definition) is 0. The van der Waals surface area contributed by atoms with Crippen LogP contribution in [-0.2, 0) is 11.3 Å². The Bertz CT molecular complexity index is 773. The molecule has 1 atom stereocenters. The normalized spacial score (nSPS) is 19.3. The van der Waals surface area contributed by atoms with Crippen LogP contribution in [0.5, 0.6) is 0 Å². The Morgan fingerprint density at radius 1 is 1.45 bits per heavy atom. The van der Waals surface area contributed by atoms with E-state index >= 15 is 0 Å². The molecule has 0 aliphatic heterocycles. The SMILES string of the molecule is C[C@H](C1CC1)N(C(=O)Cn1cnc2ccsc2c1=O)C1CC1. The number of carbonyl (C=O) groups excluding carboxylic acids is 1. The van der Waals surface area contributed by atoms with Gasteiger partial charge in [-0.2, -0.15) is 0 Å². The predicted octanol–water partition coefficient (Wildman–Crippen LogP) is 2.25. The molecule has 2 aromatic heterocycles. The second kappa shape index (κ2) is 5.19. The molecule has 0 saturated heterocycles. The molecule has 1 amide bonds. The van der Waals surface area contributed by atoms with E-state index < -0.39 is 0 Å². The van der Waals surface area contributed by atoms with Gasteiger partial charge in [0.2, 0.25) is 5.91 Å². The molecule has 116 valence electrons. The minimum absolute atomic E-state index is 0.0571. The Hall–Kier alpha value is -1.69. The molecule has 6 heteroatoms. The number of hydrogen-bond acceptors (Lipinski definition) is 4. The minimum Gasteiger partial charge on any atom is -0.335 e. The van der Waals surface area contributed by atoms with Gasteiger partial charge in [0.1, 0.15) is 11.2 Å². The smallest absolute Gasteiger partial charge is 0.271 e.